The summed E-state index contributed by atoms with van der Waals surface area (Å²) < 4.78 is 5.23. The lowest BCUT2D eigenvalue weighted by atomic mass is 10.1. The third-order valence-electron chi connectivity index (χ3n) is 2.90. The predicted octanol–water partition coefficient (Wildman–Crippen LogP) is 1.99. The maximum Gasteiger partial charge on any atom is 0.407 e. The lowest BCUT2D eigenvalue weighted by Gasteiger charge is -2.28. The average molecular weight is 228 g/mol. The Morgan fingerprint density at radius 2 is 2.12 bits per heavy atom. The van der Waals surface area contributed by atoms with E-state index in [-0.39, 0.29) is 12.1 Å². The van der Waals surface area contributed by atoms with Crippen LogP contribution in [0.1, 0.15) is 40.5 Å². The fourth-order valence-corrected chi connectivity index (χ4v) is 2.16. The van der Waals surface area contributed by atoms with Gasteiger partial charge in [0, 0.05) is 12.1 Å². The van der Waals surface area contributed by atoms with Crippen LogP contribution in [-0.2, 0) is 4.74 Å². The Morgan fingerprint density at radius 3 is 2.56 bits per heavy atom. The summed E-state index contributed by atoms with van der Waals surface area (Å²) >= 11 is 0. The van der Waals surface area contributed by atoms with E-state index >= 15 is 0 Å². The first-order valence-corrected chi connectivity index (χ1v) is 5.99. The Balaban J connectivity index is 2.39. The number of hydrogen-bond donors (Lipinski definition) is 1. The summed E-state index contributed by atoms with van der Waals surface area (Å²) in [5.74, 6) is 0. The van der Waals surface area contributed by atoms with Crippen molar-refractivity contribution < 1.29 is 9.53 Å². The third kappa shape index (κ3) is 4.00. The molecular formula is C12H24N2O2. The highest BCUT2D eigenvalue weighted by molar-refractivity contribution is 5.68. The second-order valence-corrected chi connectivity index (χ2v) is 5.63. The maximum atomic E-state index is 11.6. The molecule has 0 bridgehead atoms. The van der Waals surface area contributed by atoms with E-state index in [1.165, 1.54) is 6.42 Å². The Hall–Kier alpha value is -0.770. The summed E-state index contributed by atoms with van der Waals surface area (Å²) in [4.78, 5) is 13.9. The van der Waals surface area contributed by atoms with E-state index in [1.54, 1.807) is 0 Å². The van der Waals surface area contributed by atoms with Crippen LogP contribution in [-0.4, -0.2) is 42.3 Å². The number of nitrogens with zero attached hydrogens (tertiary/aromatic N) is 1. The number of nitrogens with one attached hydrogen (secondary N) is 1. The first kappa shape index (κ1) is 13.3. The van der Waals surface area contributed by atoms with Crippen LogP contribution in [0, 0.1) is 0 Å². The highest BCUT2D eigenvalue weighted by atomic mass is 16.6. The monoisotopic (exact) mass is 228 g/mol. The van der Waals surface area contributed by atoms with E-state index in [0.29, 0.717) is 6.04 Å². The number of carbonyl (C=O) groups excluding carboxylic acids is 1. The van der Waals surface area contributed by atoms with Crippen LogP contribution < -0.4 is 5.32 Å². The number of alkyl carbamates (subject to hydrolysis) is 1. The second-order valence-electron chi connectivity index (χ2n) is 5.63. The summed E-state index contributed by atoms with van der Waals surface area (Å²) in [6.07, 6.45) is 2.04. The fourth-order valence-electron chi connectivity index (χ4n) is 2.16. The number of ether oxygens (including phenoxy) is 1. The van der Waals surface area contributed by atoms with E-state index in [2.05, 4.69) is 17.3 Å². The summed E-state index contributed by atoms with van der Waals surface area (Å²) in [6.45, 7) is 8.78. The molecule has 0 aromatic carbocycles. The third-order valence-corrected chi connectivity index (χ3v) is 2.90. The molecule has 0 saturated carbocycles. The Kier molecular flexibility index (Phi) is 4.19. The lowest BCUT2D eigenvalue weighted by Crippen LogP contribution is -2.47. The molecule has 16 heavy (non-hydrogen) atoms. The van der Waals surface area contributed by atoms with Crippen molar-refractivity contribution in [3.63, 3.8) is 0 Å². The number of hydrogen-bond acceptors (Lipinski definition) is 3. The zero-order valence-corrected chi connectivity index (χ0v) is 11.0. The van der Waals surface area contributed by atoms with Crippen molar-refractivity contribution in [2.45, 2.75) is 58.2 Å². The predicted molar refractivity (Wildman–Crippen MR) is 64.5 cm³/mol. The molecule has 0 spiro atoms. The minimum atomic E-state index is -0.425. The first-order chi connectivity index (χ1) is 7.29. The molecule has 0 aromatic rings. The minimum absolute atomic E-state index is 0.141. The quantitative estimate of drug-likeness (QED) is 0.786. The van der Waals surface area contributed by atoms with E-state index in [9.17, 15) is 4.79 Å². The molecule has 1 fully saturated rings. The number of likely N-dealkylation sites (N-methyl/N-ethyl adjacent to an activating group) is 1. The molecule has 1 heterocycles. The molecule has 0 radical (unpaired) electrons. The highest BCUT2D eigenvalue weighted by Gasteiger charge is 2.28. The van der Waals surface area contributed by atoms with Crippen LogP contribution in [0.2, 0.25) is 0 Å². The number of likely N-dealkylation sites (tertiary alicyclic amines) is 1. The van der Waals surface area contributed by atoms with Gasteiger partial charge in [0.15, 0.2) is 0 Å². The number of carbonyl (C=O) groups is 1. The molecule has 0 aliphatic carbocycles. The van der Waals surface area contributed by atoms with Gasteiger partial charge in [0.25, 0.3) is 0 Å². The number of rotatable bonds is 2. The van der Waals surface area contributed by atoms with Gasteiger partial charge in [0.1, 0.15) is 5.60 Å². The van der Waals surface area contributed by atoms with Crippen LogP contribution in [0.4, 0.5) is 4.79 Å². The zero-order chi connectivity index (χ0) is 12.3. The van der Waals surface area contributed by atoms with Gasteiger partial charge in [-0.05, 0) is 54.1 Å². The van der Waals surface area contributed by atoms with Crippen molar-refractivity contribution in [3.05, 3.63) is 0 Å². The van der Waals surface area contributed by atoms with Crippen molar-refractivity contribution in [3.8, 4) is 0 Å². The van der Waals surface area contributed by atoms with E-state index in [1.807, 2.05) is 27.7 Å². The van der Waals surface area contributed by atoms with E-state index in [4.69, 9.17) is 4.74 Å². The van der Waals surface area contributed by atoms with Crippen LogP contribution in [0.3, 0.4) is 0 Å². The molecule has 1 aliphatic heterocycles. The SMILES string of the molecule is CC(NC(=O)OC(C)(C)C)C1CCCN1C. The van der Waals surface area contributed by atoms with Gasteiger partial charge < -0.3 is 15.0 Å². The normalized spacial score (nSPS) is 24.2. The van der Waals surface area contributed by atoms with Crippen LogP contribution >= 0.6 is 0 Å². The fraction of sp³-hybridized carbons (Fsp3) is 0.917. The average Bonchev–Trinajstić information content (AvgIpc) is 2.47. The molecular weight excluding hydrogens is 204 g/mol. The first-order valence-electron chi connectivity index (χ1n) is 5.99. The Labute approximate surface area is 98.3 Å². The summed E-state index contributed by atoms with van der Waals surface area (Å²) in [5.41, 5.74) is -0.425. The van der Waals surface area contributed by atoms with Crippen LogP contribution in [0.25, 0.3) is 0 Å². The highest BCUT2D eigenvalue weighted by Crippen LogP contribution is 2.18. The van der Waals surface area contributed by atoms with Gasteiger partial charge in [-0.3, -0.25) is 0 Å². The van der Waals surface area contributed by atoms with Crippen molar-refractivity contribution >= 4 is 6.09 Å². The summed E-state index contributed by atoms with van der Waals surface area (Å²) in [6, 6.07) is 0.579. The largest absolute Gasteiger partial charge is 0.444 e. The molecule has 2 atom stereocenters. The molecule has 1 amide bonds. The molecule has 94 valence electrons. The van der Waals surface area contributed by atoms with Crippen molar-refractivity contribution in [2.24, 2.45) is 0 Å². The van der Waals surface area contributed by atoms with E-state index < -0.39 is 5.60 Å². The molecule has 4 nitrogen and oxygen atoms in total. The molecule has 1 saturated heterocycles. The molecule has 1 rings (SSSR count). The van der Waals surface area contributed by atoms with Crippen molar-refractivity contribution in [1.82, 2.24) is 10.2 Å². The van der Waals surface area contributed by atoms with Gasteiger partial charge in [-0.15, -0.1) is 0 Å². The summed E-state index contributed by atoms with van der Waals surface area (Å²) in [5, 5.41) is 2.91. The summed E-state index contributed by atoms with van der Waals surface area (Å²) in [7, 11) is 2.10. The van der Waals surface area contributed by atoms with Crippen molar-refractivity contribution in [1.29, 1.82) is 0 Å². The topological polar surface area (TPSA) is 41.6 Å². The van der Waals surface area contributed by atoms with Gasteiger partial charge in [0.2, 0.25) is 0 Å². The second kappa shape index (κ2) is 5.04. The smallest absolute Gasteiger partial charge is 0.407 e. The van der Waals surface area contributed by atoms with Gasteiger partial charge in [-0.1, -0.05) is 0 Å². The zero-order valence-electron chi connectivity index (χ0n) is 11.0. The Bertz CT molecular complexity index is 248. The van der Waals surface area contributed by atoms with E-state index in [0.717, 1.165) is 13.0 Å². The molecule has 1 N–H and O–H groups in total. The molecule has 0 aromatic heterocycles. The maximum absolute atomic E-state index is 11.6. The number of amides is 1. The van der Waals surface area contributed by atoms with Gasteiger partial charge in [-0.2, -0.15) is 0 Å². The lowest BCUT2D eigenvalue weighted by molar-refractivity contribution is 0.0486. The molecule has 2 unspecified atom stereocenters. The van der Waals surface area contributed by atoms with Crippen LogP contribution in [0.5, 0.6) is 0 Å². The molecule has 1 aliphatic rings. The Morgan fingerprint density at radius 1 is 1.50 bits per heavy atom. The van der Waals surface area contributed by atoms with Gasteiger partial charge in [0.05, 0.1) is 0 Å². The van der Waals surface area contributed by atoms with Crippen molar-refractivity contribution in [2.75, 3.05) is 13.6 Å². The minimum Gasteiger partial charge on any atom is -0.444 e. The molecule has 4 heteroatoms. The standard InChI is InChI=1S/C12H24N2O2/c1-9(10-7-6-8-14(10)5)13-11(15)16-12(2,3)4/h9-10H,6-8H2,1-5H3,(H,13,15). The van der Waals surface area contributed by atoms with Gasteiger partial charge in [-0.25, -0.2) is 4.79 Å². The van der Waals surface area contributed by atoms with Crippen LogP contribution in [0.15, 0.2) is 0 Å². The van der Waals surface area contributed by atoms with Gasteiger partial charge >= 0.3 is 6.09 Å².